The second-order valence-corrected chi connectivity index (χ2v) is 8.60. The molecule has 1 atom stereocenters. The number of hydrogen-bond donors (Lipinski definition) is 0. The quantitative estimate of drug-likeness (QED) is 0.791. The summed E-state index contributed by atoms with van der Waals surface area (Å²) >= 11 is 0. The summed E-state index contributed by atoms with van der Waals surface area (Å²) in [7, 11) is -3.41. The lowest BCUT2D eigenvalue weighted by Gasteiger charge is -2.32. The Kier molecular flexibility index (Phi) is 6.27. The fraction of sp³-hybridized carbons (Fsp3) is 0.611. The summed E-state index contributed by atoms with van der Waals surface area (Å²) in [4.78, 5) is 14.3. The maximum Gasteiger partial charge on any atom is 0.232 e. The van der Waals surface area contributed by atoms with Gasteiger partial charge in [-0.3, -0.25) is 9.10 Å². The molecule has 1 aromatic carbocycles. The van der Waals surface area contributed by atoms with E-state index in [0.717, 1.165) is 37.9 Å². The smallest absolute Gasteiger partial charge is 0.232 e. The van der Waals surface area contributed by atoms with Crippen LogP contribution in [0.2, 0.25) is 0 Å². The summed E-state index contributed by atoms with van der Waals surface area (Å²) < 4.78 is 25.6. The number of nitrogens with zero attached hydrogens (tertiary/aromatic N) is 2. The van der Waals surface area contributed by atoms with Gasteiger partial charge in [-0.2, -0.15) is 0 Å². The third-order valence-electron chi connectivity index (χ3n) is 4.57. The molecule has 1 amide bonds. The highest BCUT2D eigenvalue weighted by Crippen LogP contribution is 2.20. The van der Waals surface area contributed by atoms with Gasteiger partial charge in [0.25, 0.3) is 0 Å². The van der Waals surface area contributed by atoms with Crippen molar-refractivity contribution in [3.8, 4) is 0 Å². The van der Waals surface area contributed by atoms with E-state index >= 15 is 0 Å². The third kappa shape index (κ3) is 4.97. The van der Waals surface area contributed by atoms with E-state index in [4.69, 9.17) is 0 Å². The topological polar surface area (TPSA) is 57.7 Å². The normalized spacial score (nSPS) is 18.5. The summed E-state index contributed by atoms with van der Waals surface area (Å²) in [5.74, 6) is 0.565. The van der Waals surface area contributed by atoms with Gasteiger partial charge in [0.05, 0.1) is 11.9 Å². The maximum atomic E-state index is 12.4. The maximum absolute atomic E-state index is 12.4. The molecular formula is C18H28N2O3S. The molecule has 1 aromatic rings. The summed E-state index contributed by atoms with van der Waals surface area (Å²) in [5.41, 5.74) is 1.78. The molecule has 0 saturated carbocycles. The number of piperidine rings is 1. The molecule has 1 heterocycles. The molecule has 1 aliphatic heterocycles. The van der Waals surface area contributed by atoms with E-state index in [9.17, 15) is 13.2 Å². The van der Waals surface area contributed by atoms with Crippen LogP contribution in [0.25, 0.3) is 0 Å². The lowest BCUT2D eigenvalue weighted by atomic mass is 10.00. The number of sulfonamides is 1. The van der Waals surface area contributed by atoms with Gasteiger partial charge in [0.1, 0.15) is 0 Å². The Morgan fingerprint density at radius 3 is 2.50 bits per heavy atom. The first kappa shape index (κ1) is 18.8. The summed E-state index contributed by atoms with van der Waals surface area (Å²) in [6.45, 7) is 5.96. The number of rotatable bonds is 6. The Balaban J connectivity index is 2.05. The highest BCUT2D eigenvalue weighted by Gasteiger charge is 2.23. The van der Waals surface area contributed by atoms with Crippen LogP contribution >= 0.6 is 0 Å². The van der Waals surface area contributed by atoms with Crippen molar-refractivity contribution in [2.45, 2.75) is 39.5 Å². The molecular weight excluding hydrogens is 324 g/mol. The Morgan fingerprint density at radius 1 is 1.29 bits per heavy atom. The van der Waals surface area contributed by atoms with Crippen molar-refractivity contribution in [2.24, 2.45) is 5.92 Å². The molecule has 0 bridgehead atoms. The Morgan fingerprint density at radius 2 is 1.96 bits per heavy atom. The number of amides is 1. The first-order valence-corrected chi connectivity index (χ1v) is 10.5. The lowest BCUT2D eigenvalue weighted by molar-refractivity contribution is -0.132. The van der Waals surface area contributed by atoms with Crippen LogP contribution in [0.15, 0.2) is 24.3 Å². The van der Waals surface area contributed by atoms with Gasteiger partial charge in [0, 0.05) is 26.1 Å². The van der Waals surface area contributed by atoms with Crippen LogP contribution in [0.1, 0.15) is 38.7 Å². The number of hydrogen-bond acceptors (Lipinski definition) is 3. The Bertz CT molecular complexity index is 655. The van der Waals surface area contributed by atoms with Crippen molar-refractivity contribution in [3.05, 3.63) is 29.8 Å². The van der Waals surface area contributed by atoms with E-state index in [-0.39, 0.29) is 18.9 Å². The minimum absolute atomic E-state index is 0.0420. The van der Waals surface area contributed by atoms with Crippen LogP contribution in [-0.4, -0.2) is 45.1 Å². The monoisotopic (exact) mass is 352 g/mol. The van der Waals surface area contributed by atoms with Crippen molar-refractivity contribution in [1.29, 1.82) is 0 Å². The third-order valence-corrected chi connectivity index (χ3v) is 5.77. The molecule has 1 unspecified atom stereocenters. The first-order valence-electron chi connectivity index (χ1n) is 8.65. The minimum Gasteiger partial charge on any atom is -0.342 e. The molecule has 134 valence electrons. The summed E-state index contributed by atoms with van der Waals surface area (Å²) in [6.07, 6.45) is 4.50. The predicted molar refractivity (Wildman–Crippen MR) is 97.6 cm³/mol. The molecule has 0 spiro atoms. The van der Waals surface area contributed by atoms with Crippen LogP contribution in [0, 0.1) is 5.92 Å². The average Bonchev–Trinajstić information content (AvgIpc) is 2.54. The molecule has 24 heavy (non-hydrogen) atoms. The SMILES string of the molecule is CCc1ccc(N(CCC(=O)N2CCCC(C)C2)S(C)(=O)=O)cc1. The van der Waals surface area contributed by atoms with E-state index in [0.29, 0.717) is 11.6 Å². The zero-order valence-electron chi connectivity index (χ0n) is 14.9. The predicted octanol–water partition coefficient (Wildman–Crippen LogP) is 2.66. The van der Waals surface area contributed by atoms with Gasteiger partial charge in [-0.15, -0.1) is 0 Å². The molecule has 2 rings (SSSR count). The van der Waals surface area contributed by atoms with E-state index < -0.39 is 10.0 Å². The van der Waals surface area contributed by atoms with Gasteiger partial charge in [-0.1, -0.05) is 26.0 Å². The summed E-state index contributed by atoms with van der Waals surface area (Å²) in [6, 6.07) is 7.49. The lowest BCUT2D eigenvalue weighted by Crippen LogP contribution is -2.41. The van der Waals surface area contributed by atoms with Crippen molar-refractivity contribution in [3.63, 3.8) is 0 Å². The van der Waals surface area contributed by atoms with Gasteiger partial charge in [0.15, 0.2) is 0 Å². The van der Waals surface area contributed by atoms with Crippen molar-refractivity contribution >= 4 is 21.6 Å². The van der Waals surface area contributed by atoms with Crippen LogP contribution in [0.4, 0.5) is 5.69 Å². The molecule has 1 fully saturated rings. The average molecular weight is 352 g/mol. The standard InChI is InChI=1S/C18H28N2O3S/c1-4-16-7-9-17(10-8-16)20(24(3,22)23)13-11-18(21)19-12-5-6-15(2)14-19/h7-10,15H,4-6,11-14H2,1-3H3. The van der Waals surface area contributed by atoms with E-state index in [1.807, 2.05) is 29.2 Å². The van der Waals surface area contributed by atoms with E-state index in [2.05, 4.69) is 13.8 Å². The van der Waals surface area contributed by atoms with Crippen LogP contribution < -0.4 is 4.31 Å². The largest absolute Gasteiger partial charge is 0.342 e. The molecule has 1 saturated heterocycles. The van der Waals surface area contributed by atoms with Crippen LogP contribution in [0.5, 0.6) is 0 Å². The molecule has 5 nitrogen and oxygen atoms in total. The molecule has 0 radical (unpaired) electrons. The number of aryl methyl sites for hydroxylation is 1. The van der Waals surface area contributed by atoms with E-state index in [1.165, 1.54) is 10.6 Å². The molecule has 0 aromatic heterocycles. The zero-order chi connectivity index (χ0) is 17.7. The van der Waals surface area contributed by atoms with E-state index in [1.54, 1.807) is 0 Å². The van der Waals surface area contributed by atoms with Gasteiger partial charge >= 0.3 is 0 Å². The Labute approximate surface area is 145 Å². The van der Waals surface area contributed by atoms with Gasteiger partial charge < -0.3 is 4.90 Å². The first-order chi connectivity index (χ1) is 11.3. The van der Waals surface area contributed by atoms with Crippen molar-refractivity contribution in [1.82, 2.24) is 4.90 Å². The van der Waals surface area contributed by atoms with Crippen molar-refractivity contribution < 1.29 is 13.2 Å². The zero-order valence-corrected chi connectivity index (χ0v) is 15.7. The highest BCUT2D eigenvalue weighted by molar-refractivity contribution is 7.92. The summed E-state index contributed by atoms with van der Waals surface area (Å²) in [5, 5.41) is 0. The molecule has 6 heteroatoms. The molecule has 1 aliphatic rings. The number of likely N-dealkylation sites (tertiary alicyclic amines) is 1. The van der Waals surface area contributed by atoms with Crippen LogP contribution in [0.3, 0.4) is 0 Å². The van der Waals surface area contributed by atoms with Gasteiger partial charge in [0.2, 0.25) is 15.9 Å². The number of anilines is 1. The fourth-order valence-electron chi connectivity index (χ4n) is 3.16. The fourth-order valence-corrected chi connectivity index (χ4v) is 4.08. The molecule has 0 N–H and O–H groups in total. The van der Waals surface area contributed by atoms with Crippen LogP contribution in [-0.2, 0) is 21.2 Å². The number of carbonyl (C=O) groups excluding carboxylic acids is 1. The van der Waals surface area contributed by atoms with Gasteiger partial charge in [-0.05, 0) is 42.9 Å². The second-order valence-electron chi connectivity index (χ2n) is 6.69. The number of benzene rings is 1. The second kappa shape index (κ2) is 8.01. The number of carbonyl (C=O) groups is 1. The minimum atomic E-state index is -3.41. The van der Waals surface area contributed by atoms with Gasteiger partial charge in [-0.25, -0.2) is 8.42 Å². The van der Waals surface area contributed by atoms with Crippen molar-refractivity contribution in [2.75, 3.05) is 30.2 Å². The highest BCUT2D eigenvalue weighted by atomic mass is 32.2. The Hall–Kier alpha value is -1.56. The molecule has 0 aliphatic carbocycles.